The Balaban J connectivity index is 2.23. The van der Waals surface area contributed by atoms with E-state index in [-0.39, 0.29) is 0 Å². The van der Waals surface area contributed by atoms with Crippen molar-refractivity contribution in [2.75, 3.05) is 0 Å². The van der Waals surface area contributed by atoms with E-state index in [1.165, 1.54) is 25.7 Å². The number of carboxylic acid groups (broad SMARTS) is 1. The van der Waals surface area contributed by atoms with Gasteiger partial charge in [0.25, 0.3) is 0 Å². The lowest BCUT2D eigenvalue weighted by Gasteiger charge is -2.24. The molecule has 0 amide bonds. The first kappa shape index (κ1) is 22.9. The molecule has 0 bridgehead atoms. The Morgan fingerprint density at radius 2 is 1.67 bits per heavy atom. The summed E-state index contributed by atoms with van der Waals surface area (Å²) < 4.78 is 0. The van der Waals surface area contributed by atoms with Crippen LogP contribution in [0.2, 0.25) is 0 Å². The summed E-state index contributed by atoms with van der Waals surface area (Å²) in [6.07, 6.45) is 25.9. The van der Waals surface area contributed by atoms with E-state index >= 15 is 0 Å². The zero-order valence-electron chi connectivity index (χ0n) is 16.9. The number of rotatable bonds is 14. The van der Waals surface area contributed by atoms with Crippen molar-refractivity contribution >= 4 is 5.97 Å². The van der Waals surface area contributed by atoms with Crippen LogP contribution in [-0.4, -0.2) is 16.1 Å². The Labute approximate surface area is 164 Å². The van der Waals surface area contributed by atoms with Gasteiger partial charge >= 0.3 is 5.97 Å². The number of hydrogen-bond acceptors (Lipinski definition) is 2. The number of hydrogen-bond donors (Lipinski definition) is 1. The number of allylic oxidation sites excluding steroid dienone is 6. The minimum absolute atomic E-state index is 0.608. The summed E-state index contributed by atoms with van der Waals surface area (Å²) in [5.41, 5.74) is -0.0991. The number of carboxylic acids is 1. The molecule has 0 saturated carbocycles. The molecular formula is C24H35NO2. The maximum absolute atomic E-state index is 11.7. The van der Waals surface area contributed by atoms with Gasteiger partial charge in [-0.2, -0.15) is 0 Å². The molecular weight excluding hydrogens is 334 g/mol. The molecule has 0 saturated heterocycles. The fourth-order valence-corrected chi connectivity index (χ4v) is 2.93. The highest BCUT2D eigenvalue weighted by molar-refractivity contribution is 5.80. The monoisotopic (exact) mass is 369 g/mol. The van der Waals surface area contributed by atoms with Crippen LogP contribution in [0.5, 0.6) is 0 Å². The predicted octanol–water partition coefficient (Wildman–Crippen LogP) is 6.62. The third-order valence-corrected chi connectivity index (χ3v) is 4.84. The van der Waals surface area contributed by atoms with Crippen LogP contribution in [0.15, 0.2) is 61.0 Å². The molecule has 3 nitrogen and oxygen atoms in total. The minimum atomic E-state index is -0.870. The Morgan fingerprint density at radius 3 is 2.22 bits per heavy atom. The van der Waals surface area contributed by atoms with Gasteiger partial charge in [0, 0.05) is 12.4 Å². The van der Waals surface area contributed by atoms with Crippen molar-refractivity contribution < 1.29 is 9.90 Å². The summed E-state index contributed by atoms with van der Waals surface area (Å²) in [6.45, 7) is 4.01. The van der Waals surface area contributed by atoms with E-state index in [1.807, 2.05) is 6.07 Å². The van der Waals surface area contributed by atoms with Crippen LogP contribution in [0, 0.1) is 0 Å². The number of aromatic nitrogens is 1. The van der Waals surface area contributed by atoms with Gasteiger partial charge in [0.2, 0.25) is 0 Å². The molecule has 0 aliphatic heterocycles. The molecule has 3 heteroatoms. The zero-order valence-corrected chi connectivity index (χ0v) is 16.9. The van der Waals surface area contributed by atoms with Gasteiger partial charge in [0.15, 0.2) is 0 Å². The van der Waals surface area contributed by atoms with Crippen LogP contribution >= 0.6 is 0 Å². The lowest BCUT2D eigenvalue weighted by Crippen LogP contribution is -2.32. The predicted molar refractivity (Wildman–Crippen MR) is 114 cm³/mol. The minimum Gasteiger partial charge on any atom is -0.481 e. The molecule has 148 valence electrons. The highest BCUT2D eigenvalue weighted by Crippen LogP contribution is 2.29. The van der Waals surface area contributed by atoms with Gasteiger partial charge in [-0.3, -0.25) is 9.78 Å². The average molecular weight is 370 g/mol. The van der Waals surface area contributed by atoms with Gasteiger partial charge in [0.05, 0.1) is 5.41 Å². The molecule has 0 fully saturated rings. The Morgan fingerprint density at radius 1 is 1.04 bits per heavy atom. The fraction of sp³-hybridized carbons (Fsp3) is 0.500. The summed E-state index contributed by atoms with van der Waals surface area (Å²) in [6, 6.07) is 3.64. The highest BCUT2D eigenvalue weighted by atomic mass is 16.4. The van der Waals surface area contributed by atoms with E-state index in [0.717, 1.165) is 31.2 Å². The van der Waals surface area contributed by atoms with E-state index in [2.05, 4.69) is 48.4 Å². The van der Waals surface area contributed by atoms with Crippen LogP contribution in [0.4, 0.5) is 0 Å². The first-order valence-corrected chi connectivity index (χ1v) is 10.2. The molecule has 1 rings (SSSR count). The normalized spacial score (nSPS) is 14.3. The number of unbranched alkanes of at least 4 members (excludes halogenated alkanes) is 4. The summed E-state index contributed by atoms with van der Waals surface area (Å²) in [7, 11) is 0. The molecule has 0 aliphatic carbocycles. The SMILES string of the molecule is CCCCCC=CCC=CCC=CCCCC(C)(C(=O)O)c1cccnc1. The Hall–Kier alpha value is -2.16. The maximum atomic E-state index is 11.7. The van der Waals surface area contributed by atoms with Crippen LogP contribution in [-0.2, 0) is 10.2 Å². The van der Waals surface area contributed by atoms with Gasteiger partial charge in [0.1, 0.15) is 0 Å². The first-order chi connectivity index (χ1) is 13.1. The van der Waals surface area contributed by atoms with E-state index in [9.17, 15) is 9.90 Å². The van der Waals surface area contributed by atoms with Crippen molar-refractivity contribution in [2.24, 2.45) is 0 Å². The zero-order chi connectivity index (χ0) is 19.8. The maximum Gasteiger partial charge on any atom is 0.313 e. The summed E-state index contributed by atoms with van der Waals surface area (Å²) in [5, 5.41) is 9.63. The van der Waals surface area contributed by atoms with E-state index in [4.69, 9.17) is 0 Å². The molecule has 1 unspecified atom stereocenters. The molecule has 1 atom stereocenters. The molecule has 1 aromatic heterocycles. The van der Waals surface area contributed by atoms with Crippen molar-refractivity contribution in [1.82, 2.24) is 4.98 Å². The average Bonchev–Trinajstić information content (AvgIpc) is 2.68. The number of nitrogens with zero attached hydrogens (tertiary/aromatic N) is 1. The van der Waals surface area contributed by atoms with Crippen LogP contribution in [0.25, 0.3) is 0 Å². The summed E-state index contributed by atoms with van der Waals surface area (Å²) in [4.78, 5) is 15.8. The summed E-state index contributed by atoms with van der Waals surface area (Å²) >= 11 is 0. The molecule has 1 N–H and O–H groups in total. The van der Waals surface area contributed by atoms with E-state index in [1.54, 1.807) is 25.4 Å². The summed E-state index contributed by atoms with van der Waals surface area (Å²) in [5.74, 6) is -0.787. The topological polar surface area (TPSA) is 50.2 Å². The second-order valence-electron chi connectivity index (χ2n) is 7.15. The quantitative estimate of drug-likeness (QED) is 0.296. The van der Waals surface area contributed by atoms with Crippen molar-refractivity contribution in [3.05, 3.63) is 66.5 Å². The third-order valence-electron chi connectivity index (χ3n) is 4.84. The van der Waals surface area contributed by atoms with Gasteiger partial charge in [-0.25, -0.2) is 0 Å². The Bertz CT molecular complexity index is 604. The van der Waals surface area contributed by atoms with Gasteiger partial charge < -0.3 is 5.11 Å². The highest BCUT2D eigenvalue weighted by Gasteiger charge is 2.34. The largest absolute Gasteiger partial charge is 0.481 e. The molecule has 0 aliphatic rings. The van der Waals surface area contributed by atoms with Crippen molar-refractivity contribution in [3.8, 4) is 0 Å². The molecule has 0 aromatic carbocycles. The first-order valence-electron chi connectivity index (χ1n) is 10.2. The second-order valence-corrected chi connectivity index (χ2v) is 7.15. The Kier molecular flexibility index (Phi) is 11.8. The van der Waals surface area contributed by atoms with Crippen LogP contribution in [0.3, 0.4) is 0 Å². The molecule has 27 heavy (non-hydrogen) atoms. The standard InChI is InChI=1S/C24H35NO2/c1-3-4-5-6-7-8-9-10-11-12-13-14-15-16-19-24(2,23(26)27)22-18-17-20-25-21-22/h7-8,10-11,13-14,17-18,20-21H,3-6,9,12,15-16,19H2,1-2H3,(H,26,27). The van der Waals surface area contributed by atoms with Crippen molar-refractivity contribution in [3.63, 3.8) is 0 Å². The van der Waals surface area contributed by atoms with Gasteiger partial charge in [-0.05, 0) is 63.5 Å². The lowest BCUT2D eigenvalue weighted by molar-refractivity contribution is -0.143. The smallest absolute Gasteiger partial charge is 0.313 e. The molecule has 1 aromatic rings. The molecule has 0 spiro atoms. The second kappa shape index (κ2) is 14.0. The number of aliphatic carboxylic acids is 1. The van der Waals surface area contributed by atoms with Gasteiger partial charge in [-0.15, -0.1) is 0 Å². The molecule has 1 heterocycles. The van der Waals surface area contributed by atoms with Gasteiger partial charge in [-0.1, -0.05) is 62.3 Å². The van der Waals surface area contributed by atoms with Crippen molar-refractivity contribution in [2.45, 2.75) is 77.0 Å². The third kappa shape index (κ3) is 9.37. The van der Waals surface area contributed by atoms with Crippen LogP contribution in [0.1, 0.15) is 77.2 Å². The number of pyridine rings is 1. The van der Waals surface area contributed by atoms with Crippen molar-refractivity contribution in [1.29, 1.82) is 0 Å². The van der Waals surface area contributed by atoms with E-state index < -0.39 is 11.4 Å². The molecule has 0 radical (unpaired) electrons. The number of carbonyl (C=O) groups is 1. The lowest BCUT2D eigenvalue weighted by atomic mass is 9.79. The van der Waals surface area contributed by atoms with Crippen LogP contribution < -0.4 is 0 Å². The van der Waals surface area contributed by atoms with E-state index in [0.29, 0.717) is 6.42 Å². The fourth-order valence-electron chi connectivity index (χ4n) is 2.93.